The van der Waals surface area contributed by atoms with Gasteiger partial charge in [0.15, 0.2) is 17.3 Å². The van der Waals surface area contributed by atoms with E-state index in [1.165, 1.54) is 0 Å². The Kier molecular flexibility index (Phi) is 4.10. The number of ether oxygens (including phenoxy) is 3. The third-order valence-corrected chi connectivity index (χ3v) is 6.66. The van der Waals surface area contributed by atoms with Crippen LogP contribution < -0.4 is 15.0 Å². The number of rotatable bonds is 2. The highest BCUT2D eigenvalue weighted by atomic mass is 32.2. The van der Waals surface area contributed by atoms with Gasteiger partial charge in [-0.25, -0.2) is 4.99 Å². The molecule has 0 aliphatic carbocycles. The Labute approximate surface area is 167 Å². The number of benzene rings is 1. The molecule has 0 saturated carbocycles. The van der Waals surface area contributed by atoms with E-state index in [-0.39, 0.29) is 29.2 Å². The third kappa shape index (κ3) is 2.95. The van der Waals surface area contributed by atoms with Crippen LogP contribution >= 0.6 is 11.8 Å². The van der Waals surface area contributed by atoms with Crippen molar-refractivity contribution in [1.29, 1.82) is 0 Å². The topological polar surface area (TPSA) is 77.8 Å². The average Bonchev–Trinajstić information content (AvgIpc) is 3.24. The monoisotopic (exact) mass is 401 g/mol. The summed E-state index contributed by atoms with van der Waals surface area (Å²) >= 11 is 1.60. The summed E-state index contributed by atoms with van der Waals surface area (Å²) in [5.74, 6) is 2.21. The maximum Gasteiger partial charge on any atom is 0.271 e. The van der Waals surface area contributed by atoms with Crippen LogP contribution in [0.4, 0.5) is 5.82 Å². The van der Waals surface area contributed by atoms with E-state index in [1.54, 1.807) is 11.8 Å². The Balaban J connectivity index is 1.58. The summed E-state index contributed by atoms with van der Waals surface area (Å²) in [4.78, 5) is 17.7. The van der Waals surface area contributed by atoms with E-state index in [2.05, 4.69) is 18.9 Å². The first kappa shape index (κ1) is 17.9. The molecule has 1 aromatic carbocycles. The molecule has 3 aliphatic rings. The lowest BCUT2D eigenvalue weighted by Crippen LogP contribution is -2.35. The molecule has 3 aliphatic heterocycles. The van der Waals surface area contributed by atoms with E-state index in [0.717, 1.165) is 40.8 Å². The molecule has 0 radical (unpaired) electrons. The number of aromatic amines is 1. The number of fused-ring (bicyclic) bond motifs is 2. The summed E-state index contributed by atoms with van der Waals surface area (Å²) in [6.07, 6.45) is 1.69. The van der Waals surface area contributed by atoms with Crippen molar-refractivity contribution in [2.24, 2.45) is 4.99 Å². The molecule has 1 aromatic heterocycles. The first-order valence-corrected chi connectivity index (χ1v) is 10.4. The quantitative estimate of drug-likeness (QED) is 0.825. The van der Waals surface area contributed by atoms with Gasteiger partial charge in [0.25, 0.3) is 5.56 Å². The minimum atomic E-state index is -0.212. The third-order valence-electron chi connectivity index (χ3n) is 5.49. The fourth-order valence-corrected chi connectivity index (χ4v) is 5.30. The van der Waals surface area contributed by atoms with Crippen LogP contribution in [0.2, 0.25) is 0 Å². The fraction of sp³-hybridized carbons (Fsp3) is 0.500. The van der Waals surface area contributed by atoms with E-state index in [0.29, 0.717) is 12.2 Å². The molecule has 7 nitrogen and oxygen atoms in total. The van der Waals surface area contributed by atoms with Gasteiger partial charge >= 0.3 is 0 Å². The van der Waals surface area contributed by atoms with Crippen LogP contribution in [0.15, 0.2) is 28.0 Å². The van der Waals surface area contributed by atoms with Gasteiger partial charge in [0, 0.05) is 6.61 Å². The molecule has 0 amide bonds. The number of aromatic nitrogens is 2. The zero-order chi connectivity index (χ0) is 19.5. The summed E-state index contributed by atoms with van der Waals surface area (Å²) in [6.45, 7) is 7.08. The van der Waals surface area contributed by atoms with Crippen LogP contribution in [0.5, 0.6) is 11.5 Å². The van der Waals surface area contributed by atoms with Gasteiger partial charge in [-0.1, -0.05) is 17.8 Å². The lowest BCUT2D eigenvalue weighted by molar-refractivity contribution is -0.0705. The second-order valence-corrected chi connectivity index (χ2v) is 9.34. The van der Waals surface area contributed by atoms with Crippen LogP contribution in [0.1, 0.15) is 56.0 Å². The molecule has 2 atom stereocenters. The number of hydrogen-bond donors (Lipinski definition) is 1. The first-order chi connectivity index (χ1) is 13.4. The summed E-state index contributed by atoms with van der Waals surface area (Å²) in [5, 5.41) is 3.88. The standard InChI is InChI=1S/C20H23N3O4S/c1-11-21-18-16(17(28-11)12-4-5-14-15(8-12)26-10-25-14)19(24)22-23(18)13-6-7-27-20(2,3)9-13/h4-5,8,13,17H,6-7,9-10H2,1-3H3,(H,22,24)/t13-,17+/m0/s1. The highest BCUT2D eigenvalue weighted by Gasteiger charge is 2.36. The largest absolute Gasteiger partial charge is 0.454 e. The summed E-state index contributed by atoms with van der Waals surface area (Å²) in [6, 6.07) is 6.04. The summed E-state index contributed by atoms with van der Waals surface area (Å²) in [5.41, 5.74) is 1.43. The van der Waals surface area contributed by atoms with Gasteiger partial charge in [-0.3, -0.25) is 14.6 Å². The van der Waals surface area contributed by atoms with Crippen molar-refractivity contribution in [3.05, 3.63) is 39.7 Å². The number of thioether (sulfide) groups is 1. The second kappa shape index (κ2) is 6.42. The van der Waals surface area contributed by atoms with E-state index in [1.807, 2.05) is 29.8 Å². The maximum absolute atomic E-state index is 13.0. The Morgan fingerprint density at radius 3 is 2.93 bits per heavy atom. The highest BCUT2D eigenvalue weighted by Crippen LogP contribution is 2.47. The molecule has 8 heteroatoms. The van der Waals surface area contributed by atoms with Crippen molar-refractivity contribution in [3.8, 4) is 11.5 Å². The van der Waals surface area contributed by atoms with Crippen molar-refractivity contribution in [3.63, 3.8) is 0 Å². The normalized spacial score (nSPS) is 25.3. The van der Waals surface area contributed by atoms with Crippen molar-refractivity contribution < 1.29 is 14.2 Å². The smallest absolute Gasteiger partial charge is 0.271 e. The first-order valence-electron chi connectivity index (χ1n) is 9.51. The van der Waals surface area contributed by atoms with Gasteiger partial charge in [-0.05, 0) is 51.3 Å². The number of H-pyrrole nitrogens is 1. The Morgan fingerprint density at radius 2 is 2.11 bits per heavy atom. The lowest BCUT2D eigenvalue weighted by Gasteiger charge is -2.36. The lowest BCUT2D eigenvalue weighted by atomic mass is 9.94. The van der Waals surface area contributed by atoms with Gasteiger partial charge in [0.2, 0.25) is 6.79 Å². The van der Waals surface area contributed by atoms with E-state index >= 15 is 0 Å². The SMILES string of the molecule is CC1=Nc2c(c(=O)[nH]n2[C@H]2CCOC(C)(C)C2)[C@@H](c2ccc3c(c2)OCO3)S1. The van der Waals surface area contributed by atoms with Crippen molar-refractivity contribution in [2.75, 3.05) is 13.4 Å². The van der Waals surface area contributed by atoms with Crippen LogP contribution in [-0.2, 0) is 4.74 Å². The molecular formula is C20H23N3O4S. The van der Waals surface area contributed by atoms with Crippen molar-refractivity contribution >= 4 is 22.6 Å². The average molecular weight is 401 g/mol. The zero-order valence-corrected chi connectivity index (χ0v) is 17.0. The fourth-order valence-electron chi connectivity index (χ4n) is 4.20. The minimum absolute atomic E-state index is 0.0780. The molecule has 4 heterocycles. The van der Waals surface area contributed by atoms with Gasteiger partial charge in [-0.2, -0.15) is 0 Å². The molecule has 1 saturated heterocycles. The molecule has 0 unspecified atom stereocenters. The van der Waals surface area contributed by atoms with Crippen molar-refractivity contribution in [2.45, 2.75) is 50.5 Å². The van der Waals surface area contributed by atoms with Crippen molar-refractivity contribution in [1.82, 2.24) is 9.78 Å². The molecular weight excluding hydrogens is 378 g/mol. The zero-order valence-electron chi connectivity index (χ0n) is 16.2. The predicted octanol–water partition coefficient (Wildman–Crippen LogP) is 3.92. The van der Waals surface area contributed by atoms with Crippen LogP contribution in [0, 0.1) is 0 Å². The van der Waals surface area contributed by atoms with Gasteiger partial charge < -0.3 is 14.2 Å². The molecule has 28 heavy (non-hydrogen) atoms. The van der Waals surface area contributed by atoms with Crippen LogP contribution in [0.25, 0.3) is 0 Å². The van der Waals surface area contributed by atoms with E-state index < -0.39 is 0 Å². The van der Waals surface area contributed by atoms with E-state index in [9.17, 15) is 4.79 Å². The number of hydrogen-bond acceptors (Lipinski definition) is 6. The van der Waals surface area contributed by atoms with Crippen LogP contribution in [0.3, 0.4) is 0 Å². The highest BCUT2D eigenvalue weighted by molar-refractivity contribution is 8.14. The molecule has 0 spiro atoms. The second-order valence-electron chi connectivity index (χ2n) is 8.04. The molecule has 1 fully saturated rings. The van der Waals surface area contributed by atoms with E-state index in [4.69, 9.17) is 19.2 Å². The molecule has 148 valence electrons. The molecule has 5 rings (SSSR count). The number of nitrogens with one attached hydrogen (secondary N) is 1. The summed E-state index contributed by atoms with van der Waals surface area (Å²) < 4.78 is 18.8. The molecule has 1 N–H and O–H groups in total. The van der Waals surface area contributed by atoms with Gasteiger partial charge in [0.05, 0.1) is 27.5 Å². The Hall–Kier alpha value is -2.19. The van der Waals surface area contributed by atoms with Crippen LogP contribution in [-0.4, -0.2) is 33.8 Å². The Bertz CT molecular complexity index is 1020. The molecule has 2 aromatic rings. The molecule has 0 bridgehead atoms. The minimum Gasteiger partial charge on any atom is -0.454 e. The van der Waals surface area contributed by atoms with Gasteiger partial charge in [-0.15, -0.1) is 0 Å². The Morgan fingerprint density at radius 1 is 1.29 bits per heavy atom. The maximum atomic E-state index is 13.0. The number of aliphatic imine (C=N–C) groups is 1. The van der Waals surface area contributed by atoms with Gasteiger partial charge in [0.1, 0.15) is 0 Å². The summed E-state index contributed by atoms with van der Waals surface area (Å²) in [7, 11) is 0. The number of nitrogens with zero attached hydrogens (tertiary/aromatic N) is 2. The predicted molar refractivity (Wildman–Crippen MR) is 108 cm³/mol.